The second-order valence-electron chi connectivity index (χ2n) is 6.58. The minimum atomic E-state index is -1.65. The highest BCUT2D eigenvalue weighted by Crippen LogP contribution is 2.18. The van der Waals surface area contributed by atoms with Crippen molar-refractivity contribution in [3.8, 4) is 0 Å². The molecule has 1 fully saturated rings. The predicted octanol–water partition coefficient (Wildman–Crippen LogP) is 3.05. The van der Waals surface area contributed by atoms with E-state index in [-0.39, 0.29) is 25.4 Å². The summed E-state index contributed by atoms with van der Waals surface area (Å²) in [7, 11) is 0. The van der Waals surface area contributed by atoms with Crippen LogP contribution in [0, 0.1) is 24.4 Å². The van der Waals surface area contributed by atoms with Crippen LogP contribution in [0.4, 0.5) is 13.2 Å². The molecule has 1 heterocycles. The van der Waals surface area contributed by atoms with E-state index in [9.17, 15) is 22.8 Å². The number of rotatable bonds is 4. The van der Waals surface area contributed by atoms with Gasteiger partial charge in [0.05, 0.1) is 12.1 Å². The molecule has 7 heteroatoms. The lowest BCUT2D eigenvalue weighted by atomic mass is 10.1. The van der Waals surface area contributed by atoms with Gasteiger partial charge in [-0.3, -0.25) is 14.5 Å². The number of carbonyl (C=O) groups is 2. The number of ketones is 1. The van der Waals surface area contributed by atoms with Crippen LogP contribution in [-0.4, -0.2) is 54.2 Å². The first-order valence-corrected chi connectivity index (χ1v) is 8.62. The van der Waals surface area contributed by atoms with Crippen molar-refractivity contribution < 1.29 is 22.8 Å². The van der Waals surface area contributed by atoms with E-state index < -0.39 is 28.9 Å². The third-order valence-electron chi connectivity index (χ3n) is 4.67. The number of benzene rings is 2. The van der Waals surface area contributed by atoms with E-state index in [0.29, 0.717) is 18.7 Å². The van der Waals surface area contributed by atoms with Crippen LogP contribution in [-0.2, 0) is 0 Å². The van der Waals surface area contributed by atoms with Gasteiger partial charge < -0.3 is 4.90 Å². The summed E-state index contributed by atoms with van der Waals surface area (Å²) >= 11 is 0. The minimum Gasteiger partial charge on any atom is -0.336 e. The van der Waals surface area contributed by atoms with E-state index in [1.54, 1.807) is 12.1 Å². The van der Waals surface area contributed by atoms with Crippen LogP contribution in [0.25, 0.3) is 0 Å². The fourth-order valence-corrected chi connectivity index (χ4v) is 3.00. The van der Waals surface area contributed by atoms with Crippen LogP contribution in [0.2, 0.25) is 0 Å². The molecular weight excluding hydrogens is 357 g/mol. The van der Waals surface area contributed by atoms with Crippen molar-refractivity contribution >= 4 is 11.7 Å². The van der Waals surface area contributed by atoms with Gasteiger partial charge in [-0.15, -0.1) is 0 Å². The summed E-state index contributed by atoms with van der Waals surface area (Å²) in [5.41, 5.74) is 1.21. The minimum absolute atomic E-state index is 0.0126. The third kappa shape index (κ3) is 4.19. The van der Waals surface area contributed by atoms with E-state index in [1.807, 2.05) is 24.0 Å². The highest BCUT2D eigenvalue weighted by molar-refractivity contribution is 5.97. The summed E-state index contributed by atoms with van der Waals surface area (Å²) in [6.45, 7) is 3.60. The molecule has 2 aromatic carbocycles. The molecule has 3 rings (SSSR count). The summed E-state index contributed by atoms with van der Waals surface area (Å²) in [6, 6.07) is 9.00. The average Bonchev–Trinajstić information content (AvgIpc) is 2.67. The molecule has 27 heavy (non-hydrogen) atoms. The van der Waals surface area contributed by atoms with Crippen LogP contribution in [0.15, 0.2) is 36.4 Å². The van der Waals surface area contributed by atoms with Gasteiger partial charge in [0.25, 0.3) is 5.91 Å². The summed E-state index contributed by atoms with van der Waals surface area (Å²) in [5, 5.41) is 0. The van der Waals surface area contributed by atoms with Gasteiger partial charge in [0.2, 0.25) is 0 Å². The standard InChI is InChI=1S/C20H19F3N2O2/c1-13-2-4-14(5-3-13)17(26)12-24-8-10-25(11-9-24)20(27)15-6-7-16(21)19(23)18(15)22/h2-7H,8-12H2,1H3. The molecule has 2 aromatic rings. The Morgan fingerprint density at radius 2 is 1.52 bits per heavy atom. The molecule has 0 aromatic heterocycles. The molecule has 0 radical (unpaired) electrons. The normalized spacial score (nSPS) is 15.0. The summed E-state index contributed by atoms with van der Waals surface area (Å²) in [4.78, 5) is 28.0. The predicted molar refractivity (Wildman–Crippen MR) is 94.2 cm³/mol. The Morgan fingerprint density at radius 1 is 0.889 bits per heavy atom. The Bertz CT molecular complexity index is 860. The summed E-state index contributed by atoms with van der Waals surface area (Å²) < 4.78 is 40.2. The molecular formula is C20H19F3N2O2. The van der Waals surface area contributed by atoms with Gasteiger partial charge in [-0.05, 0) is 19.1 Å². The lowest BCUT2D eigenvalue weighted by Gasteiger charge is -2.34. The van der Waals surface area contributed by atoms with Gasteiger partial charge in [-0.2, -0.15) is 0 Å². The van der Waals surface area contributed by atoms with Crippen molar-refractivity contribution in [3.05, 3.63) is 70.5 Å². The van der Waals surface area contributed by atoms with Crippen molar-refractivity contribution in [1.82, 2.24) is 9.80 Å². The van der Waals surface area contributed by atoms with Crippen LogP contribution in [0.3, 0.4) is 0 Å². The van der Waals surface area contributed by atoms with Gasteiger partial charge in [-0.1, -0.05) is 29.8 Å². The summed E-state index contributed by atoms with van der Waals surface area (Å²) in [6.07, 6.45) is 0. The molecule has 0 N–H and O–H groups in total. The van der Waals surface area contributed by atoms with Crippen molar-refractivity contribution in [3.63, 3.8) is 0 Å². The zero-order valence-electron chi connectivity index (χ0n) is 14.8. The van der Waals surface area contributed by atoms with Crippen LogP contribution >= 0.6 is 0 Å². The molecule has 1 aliphatic heterocycles. The van der Waals surface area contributed by atoms with Crippen molar-refractivity contribution in [2.75, 3.05) is 32.7 Å². The molecule has 142 valence electrons. The van der Waals surface area contributed by atoms with E-state index in [1.165, 1.54) is 4.90 Å². The molecule has 1 amide bonds. The second-order valence-corrected chi connectivity index (χ2v) is 6.58. The largest absolute Gasteiger partial charge is 0.336 e. The fraction of sp³-hybridized carbons (Fsp3) is 0.300. The highest BCUT2D eigenvalue weighted by Gasteiger charge is 2.27. The van der Waals surface area contributed by atoms with Crippen LogP contribution in [0.1, 0.15) is 26.3 Å². The lowest BCUT2D eigenvalue weighted by molar-refractivity contribution is 0.0619. The maximum absolute atomic E-state index is 13.8. The number of halogens is 3. The van der Waals surface area contributed by atoms with E-state index in [4.69, 9.17) is 0 Å². The molecule has 4 nitrogen and oxygen atoms in total. The first-order chi connectivity index (χ1) is 12.9. The van der Waals surface area contributed by atoms with Gasteiger partial charge in [0.15, 0.2) is 23.2 Å². The molecule has 1 saturated heterocycles. The molecule has 0 unspecified atom stereocenters. The molecule has 0 bridgehead atoms. The van der Waals surface area contributed by atoms with Gasteiger partial charge in [0, 0.05) is 31.7 Å². The highest BCUT2D eigenvalue weighted by atomic mass is 19.2. The Morgan fingerprint density at radius 3 is 2.15 bits per heavy atom. The van der Waals surface area contributed by atoms with Gasteiger partial charge >= 0.3 is 0 Å². The smallest absolute Gasteiger partial charge is 0.257 e. The summed E-state index contributed by atoms with van der Waals surface area (Å²) in [5.74, 6) is -5.15. The maximum Gasteiger partial charge on any atom is 0.257 e. The topological polar surface area (TPSA) is 40.6 Å². The number of nitrogens with zero attached hydrogens (tertiary/aromatic N) is 2. The first kappa shape index (κ1) is 19.1. The van der Waals surface area contributed by atoms with Crippen LogP contribution < -0.4 is 0 Å². The number of carbonyl (C=O) groups excluding carboxylic acids is 2. The quantitative estimate of drug-likeness (QED) is 0.608. The third-order valence-corrected chi connectivity index (χ3v) is 4.67. The second kappa shape index (κ2) is 7.92. The zero-order valence-corrected chi connectivity index (χ0v) is 14.8. The Balaban J connectivity index is 1.58. The number of amides is 1. The number of hydrogen-bond acceptors (Lipinski definition) is 3. The Labute approximate surface area is 155 Å². The number of piperazine rings is 1. The first-order valence-electron chi connectivity index (χ1n) is 8.62. The monoisotopic (exact) mass is 376 g/mol. The van der Waals surface area contributed by atoms with Gasteiger partial charge in [0.1, 0.15) is 0 Å². The number of aryl methyl sites for hydroxylation is 1. The molecule has 0 aliphatic carbocycles. The van der Waals surface area contributed by atoms with Crippen molar-refractivity contribution in [2.24, 2.45) is 0 Å². The maximum atomic E-state index is 13.8. The van der Waals surface area contributed by atoms with Gasteiger partial charge in [-0.25, -0.2) is 13.2 Å². The molecule has 0 atom stereocenters. The lowest BCUT2D eigenvalue weighted by Crippen LogP contribution is -2.50. The molecule has 0 spiro atoms. The Hall–Kier alpha value is -2.67. The Kier molecular flexibility index (Phi) is 5.60. The molecule has 1 aliphatic rings. The van der Waals surface area contributed by atoms with E-state index >= 15 is 0 Å². The van der Waals surface area contributed by atoms with Crippen molar-refractivity contribution in [1.29, 1.82) is 0 Å². The number of hydrogen-bond donors (Lipinski definition) is 0. The van der Waals surface area contributed by atoms with Crippen molar-refractivity contribution in [2.45, 2.75) is 6.92 Å². The zero-order chi connectivity index (χ0) is 19.6. The molecule has 0 saturated carbocycles. The van der Waals surface area contributed by atoms with Crippen LogP contribution in [0.5, 0.6) is 0 Å². The van der Waals surface area contributed by atoms with E-state index in [2.05, 4.69) is 0 Å². The average molecular weight is 376 g/mol. The number of Topliss-reactive ketones (excluding diaryl/α,β-unsaturated/α-hetero) is 1. The van der Waals surface area contributed by atoms with E-state index in [0.717, 1.165) is 17.7 Å². The fourth-order valence-electron chi connectivity index (χ4n) is 3.00. The SMILES string of the molecule is Cc1ccc(C(=O)CN2CCN(C(=O)c3ccc(F)c(F)c3F)CC2)cc1.